The normalized spacial score (nSPS) is 24.4. The third kappa shape index (κ3) is 3.67. The molecule has 138 valence electrons. The summed E-state index contributed by atoms with van der Waals surface area (Å²) < 4.78 is 33.8. The molecule has 25 heavy (non-hydrogen) atoms. The van der Waals surface area contributed by atoms with E-state index in [2.05, 4.69) is 5.32 Å². The Bertz CT molecular complexity index is 745. The van der Waals surface area contributed by atoms with Gasteiger partial charge in [0.1, 0.15) is 10.6 Å². The van der Waals surface area contributed by atoms with Gasteiger partial charge in [-0.15, -0.1) is 0 Å². The molecule has 1 amide bonds. The zero-order chi connectivity index (χ0) is 18.0. The molecular formula is C18H26N2O4S. The third-order valence-electron chi connectivity index (χ3n) is 5.26. The molecule has 6 nitrogen and oxygen atoms in total. The average molecular weight is 366 g/mol. The molecule has 0 radical (unpaired) electrons. The molecule has 2 fully saturated rings. The summed E-state index contributed by atoms with van der Waals surface area (Å²) in [6.07, 6.45) is 6.32. The molecule has 0 aromatic heterocycles. The van der Waals surface area contributed by atoms with Crippen LogP contribution in [-0.4, -0.2) is 38.3 Å². The van der Waals surface area contributed by atoms with Crippen molar-refractivity contribution in [1.82, 2.24) is 4.31 Å². The van der Waals surface area contributed by atoms with Gasteiger partial charge in [-0.25, -0.2) is 8.42 Å². The monoisotopic (exact) mass is 366 g/mol. The van der Waals surface area contributed by atoms with E-state index in [1.807, 2.05) is 0 Å². The number of sulfonamides is 1. The topological polar surface area (TPSA) is 75.7 Å². The Morgan fingerprint density at radius 1 is 1.20 bits per heavy atom. The number of amides is 1. The van der Waals surface area contributed by atoms with Gasteiger partial charge >= 0.3 is 0 Å². The van der Waals surface area contributed by atoms with Crippen LogP contribution < -0.4 is 10.1 Å². The number of nitrogens with zero attached hydrogens (tertiary/aromatic N) is 1. The molecule has 0 bridgehead atoms. The van der Waals surface area contributed by atoms with Crippen molar-refractivity contribution >= 4 is 21.6 Å². The van der Waals surface area contributed by atoms with E-state index in [0.29, 0.717) is 23.9 Å². The Hall–Kier alpha value is -1.60. The lowest BCUT2D eigenvalue weighted by Gasteiger charge is -2.43. The second-order valence-corrected chi connectivity index (χ2v) is 8.78. The van der Waals surface area contributed by atoms with Crippen molar-refractivity contribution in [3.63, 3.8) is 0 Å². The summed E-state index contributed by atoms with van der Waals surface area (Å²) >= 11 is 0. The lowest BCUT2D eigenvalue weighted by Crippen LogP contribution is -2.49. The highest BCUT2D eigenvalue weighted by Gasteiger charge is 2.41. The molecule has 0 spiro atoms. The summed E-state index contributed by atoms with van der Waals surface area (Å²) in [7, 11) is -2.21. The van der Waals surface area contributed by atoms with Gasteiger partial charge in [0.05, 0.1) is 7.11 Å². The SMILES string of the molecule is COc1ccc(NC(C)=O)cc1S(=O)(=O)N1CCC[C@@H]2CCCC[C@@H]21. The van der Waals surface area contributed by atoms with Gasteiger partial charge in [-0.05, 0) is 49.8 Å². The lowest BCUT2D eigenvalue weighted by atomic mass is 9.79. The number of hydrogen-bond acceptors (Lipinski definition) is 4. The van der Waals surface area contributed by atoms with E-state index in [9.17, 15) is 13.2 Å². The molecule has 1 heterocycles. The summed E-state index contributed by atoms with van der Waals surface area (Å²) in [4.78, 5) is 11.4. The number of anilines is 1. The first-order chi connectivity index (χ1) is 11.9. The Morgan fingerprint density at radius 3 is 2.64 bits per heavy atom. The minimum absolute atomic E-state index is 0.0848. The van der Waals surface area contributed by atoms with E-state index in [1.54, 1.807) is 16.4 Å². The number of benzene rings is 1. The number of nitrogens with one attached hydrogen (secondary N) is 1. The van der Waals surface area contributed by atoms with Crippen LogP contribution in [0.3, 0.4) is 0 Å². The summed E-state index contributed by atoms with van der Waals surface area (Å²) in [5, 5.41) is 2.65. The van der Waals surface area contributed by atoms with Crippen molar-refractivity contribution in [2.24, 2.45) is 5.92 Å². The van der Waals surface area contributed by atoms with Gasteiger partial charge in [-0.2, -0.15) is 4.31 Å². The van der Waals surface area contributed by atoms with Crippen molar-refractivity contribution in [2.75, 3.05) is 19.0 Å². The number of methoxy groups -OCH3 is 1. The van der Waals surface area contributed by atoms with Crippen LogP contribution in [0.5, 0.6) is 5.75 Å². The number of rotatable bonds is 4. The molecule has 1 saturated carbocycles. The fourth-order valence-corrected chi connectivity index (χ4v) is 6.10. The molecule has 1 aromatic carbocycles. The molecule has 1 aliphatic carbocycles. The van der Waals surface area contributed by atoms with Crippen LogP contribution in [0, 0.1) is 5.92 Å². The first kappa shape index (κ1) is 18.2. The maximum Gasteiger partial charge on any atom is 0.247 e. The van der Waals surface area contributed by atoms with Crippen LogP contribution in [-0.2, 0) is 14.8 Å². The van der Waals surface area contributed by atoms with Gasteiger partial charge in [-0.3, -0.25) is 4.79 Å². The highest BCUT2D eigenvalue weighted by molar-refractivity contribution is 7.89. The Labute approximate surface area is 149 Å². The average Bonchev–Trinajstić information content (AvgIpc) is 2.60. The van der Waals surface area contributed by atoms with E-state index in [-0.39, 0.29) is 16.8 Å². The molecule has 3 rings (SSSR count). The molecule has 7 heteroatoms. The number of fused-ring (bicyclic) bond motifs is 1. The van der Waals surface area contributed by atoms with Gasteiger partial charge < -0.3 is 10.1 Å². The molecule has 2 atom stereocenters. The number of hydrogen-bond donors (Lipinski definition) is 1. The minimum atomic E-state index is -3.68. The molecule has 1 aliphatic heterocycles. The van der Waals surface area contributed by atoms with Crippen molar-refractivity contribution in [3.05, 3.63) is 18.2 Å². The second kappa shape index (κ2) is 7.33. The molecule has 1 N–H and O–H groups in total. The van der Waals surface area contributed by atoms with Crippen LogP contribution in [0.25, 0.3) is 0 Å². The first-order valence-corrected chi connectivity index (χ1v) is 10.3. The van der Waals surface area contributed by atoms with Crippen LogP contribution in [0.15, 0.2) is 23.1 Å². The molecule has 1 aromatic rings. The van der Waals surface area contributed by atoms with E-state index in [4.69, 9.17) is 4.74 Å². The smallest absolute Gasteiger partial charge is 0.247 e. The molecule has 2 aliphatic rings. The zero-order valence-electron chi connectivity index (χ0n) is 14.8. The second-order valence-electron chi connectivity index (χ2n) is 6.92. The first-order valence-electron chi connectivity index (χ1n) is 8.91. The standard InChI is InChI=1S/C18H26N2O4S/c1-13(21)19-15-9-10-17(24-2)18(12-15)25(22,23)20-11-5-7-14-6-3-4-8-16(14)20/h9-10,12,14,16H,3-8,11H2,1-2H3,(H,19,21)/t14-,16-/m0/s1. The van der Waals surface area contributed by atoms with Crippen molar-refractivity contribution < 1.29 is 17.9 Å². The summed E-state index contributed by atoms with van der Waals surface area (Å²) in [5.41, 5.74) is 0.462. The summed E-state index contributed by atoms with van der Waals surface area (Å²) in [6.45, 7) is 1.95. The number of piperidine rings is 1. The van der Waals surface area contributed by atoms with Crippen LogP contribution in [0.4, 0.5) is 5.69 Å². The van der Waals surface area contributed by atoms with Crippen LogP contribution in [0.1, 0.15) is 45.4 Å². The Morgan fingerprint density at radius 2 is 1.92 bits per heavy atom. The number of carbonyl (C=O) groups is 1. The van der Waals surface area contributed by atoms with Crippen molar-refractivity contribution in [1.29, 1.82) is 0 Å². The van der Waals surface area contributed by atoms with Crippen LogP contribution in [0.2, 0.25) is 0 Å². The summed E-state index contributed by atoms with van der Waals surface area (Å²) in [5.74, 6) is 0.535. The van der Waals surface area contributed by atoms with Gasteiger partial charge in [0, 0.05) is 25.2 Å². The van der Waals surface area contributed by atoms with Gasteiger partial charge in [0.2, 0.25) is 15.9 Å². The van der Waals surface area contributed by atoms with E-state index < -0.39 is 10.0 Å². The highest BCUT2D eigenvalue weighted by atomic mass is 32.2. The fraction of sp³-hybridized carbons (Fsp3) is 0.611. The van der Waals surface area contributed by atoms with Crippen molar-refractivity contribution in [3.8, 4) is 5.75 Å². The highest BCUT2D eigenvalue weighted by Crippen LogP contribution is 2.40. The van der Waals surface area contributed by atoms with Crippen LogP contribution >= 0.6 is 0 Å². The summed E-state index contributed by atoms with van der Waals surface area (Å²) in [6, 6.07) is 4.84. The fourth-order valence-electron chi connectivity index (χ4n) is 4.16. The zero-order valence-corrected chi connectivity index (χ0v) is 15.6. The third-order valence-corrected chi connectivity index (χ3v) is 7.21. The van der Waals surface area contributed by atoms with E-state index in [0.717, 1.165) is 32.1 Å². The predicted octanol–water partition coefficient (Wildman–Crippen LogP) is 3.00. The quantitative estimate of drug-likeness (QED) is 0.889. The molecule has 1 saturated heterocycles. The van der Waals surface area contributed by atoms with Gasteiger partial charge in [0.25, 0.3) is 0 Å². The number of carbonyl (C=O) groups excluding carboxylic acids is 1. The Balaban J connectivity index is 1.99. The van der Waals surface area contributed by atoms with E-state index >= 15 is 0 Å². The maximum atomic E-state index is 13.4. The largest absolute Gasteiger partial charge is 0.495 e. The van der Waals surface area contributed by atoms with Gasteiger partial charge in [-0.1, -0.05) is 12.8 Å². The Kier molecular flexibility index (Phi) is 5.34. The minimum Gasteiger partial charge on any atom is -0.495 e. The maximum absolute atomic E-state index is 13.4. The molecular weight excluding hydrogens is 340 g/mol. The predicted molar refractivity (Wildman–Crippen MR) is 96.2 cm³/mol. The lowest BCUT2D eigenvalue weighted by molar-refractivity contribution is -0.114. The van der Waals surface area contributed by atoms with Crippen molar-refractivity contribution in [2.45, 2.75) is 56.4 Å². The number of ether oxygens (including phenoxy) is 1. The molecule has 0 unspecified atom stereocenters. The van der Waals surface area contributed by atoms with Gasteiger partial charge in [0.15, 0.2) is 0 Å². The van der Waals surface area contributed by atoms with E-state index in [1.165, 1.54) is 26.5 Å².